The quantitative estimate of drug-likeness (QED) is 0.748. The zero-order valence-electron chi connectivity index (χ0n) is 12.6. The molecule has 116 valence electrons. The third-order valence-electron chi connectivity index (χ3n) is 3.57. The van der Waals surface area contributed by atoms with Crippen molar-refractivity contribution in [2.45, 2.75) is 26.3 Å². The Morgan fingerprint density at radius 3 is 3.05 bits per heavy atom. The number of hydrogen-bond acceptors (Lipinski definition) is 5. The van der Waals surface area contributed by atoms with Crippen molar-refractivity contribution in [3.8, 4) is 0 Å². The SMILES string of the molecule is CCOC(=O)CCN(C)CC(=O)N1CCc2sccc2C1. The minimum Gasteiger partial charge on any atom is -0.466 e. The molecule has 1 aliphatic rings. The van der Waals surface area contributed by atoms with Gasteiger partial charge in [0, 0.05) is 24.5 Å². The number of hydrogen-bond donors (Lipinski definition) is 0. The molecular weight excluding hydrogens is 288 g/mol. The lowest BCUT2D eigenvalue weighted by molar-refractivity contribution is -0.144. The molecule has 2 rings (SSSR count). The molecule has 0 fully saturated rings. The number of rotatable bonds is 6. The first-order valence-corrected chi connectivity index (χ1v) is 8.15. The van der Waals surface area contributed by atoms with E-state index >= 15 is 0 Å². The average molecular weight is 310 g/mol. The van der Waals surface area contributed by atoms with Gasteiger partial charge in [-0.2, -0.15) is 0 Å². The van der Waals surface area contributed by atoms with E-state index in [9.17, 15) is 9.59 Å². The molecular formula is C15H22N2O3S. The Hall–Kier alpha value is -1.40. The van der Waals surface area contributed by atoms with Crippen molar-refractivity contribution in [1.82, 2.24) is 9.80 Å². The molecule has 1 aromatic rings. The molecule has 5 nitrogen and oxygen atoms in total. The highest BCUT2D eigenvalue weighted by Gasteiger charge is 2.22. The molecule has 0 saturated heterocycles. The molecule has 1 aliphatic heterocycles. The largest absolute Gasteiger partial charge is 0.466 e. The van der Waals surface area contributed by atoms with E-state index < -0.39 is 0 Å². The molecule has 0 aliphatic carbocycles. The van der Waals surface area contributed by atoms with Crippen LogP contribution in [-0.4, -0.2) is 55.0 Å². The number of amides is 1. The first-order valence-electron chi connectivity index (χ1n) is 7.27. The van der Waals surface area contributed by atoms with Crippen molar-refractivity contribution in [2.24, 2.45) is 0 Å². The van der Waals surface area contributed by atoms with Crippen molar-refractivity contribution in [1.29, 1.82) is 0 Å². The molecule has 0 atom stereocenters. The van der Waals surface area contributed by atoms with Gasteiger partial charge in [-0.05, 0) is 37.4 Å². The van der Waals surface area contributed by atoms with Crippen LogP contribution >= 0.6 is 11.3 Å². The molecule has 21 heavy (non-hydrogen) atoms. The van der Waals surface area contributed by atoms with Crippen LogP contribution in [0.25, 0.3) is 0 Å². The zero-order chi connectivity index (χ0) is 15.2. The summed E-state index contributed by atoms with van der Waals surface area (Å²) in [4.78, 5) is 28.8. The number of likely N-dealkylation sites (N-methyl/N-ethyl adjacent to an activating group) is 1. The monoisotopic (exact) mass is 310 g/mol. The molecule has 1 amide bonds. The molecule has 6 heteroatoms. The highest BCUT2D eigenvalue weighted by Crippen LogP contribution is 2.23. The summed E-state index contributed by atoms with van der Waals surface area (Å²) in [5.41, 5.74) is 1.27. The van der Waals surface area contributed by atoms with Gasteiger partial charge in [0.25, 0.3) is 0 Å². The maximum Gasteiger partial charge on any atom is 0.307 e. The number of carbonyl (C=O) groups is 2. The van der Waals surface area contributed by atoms with Gasteiger partial charge in [-0.25, -0.2) is 0 Å². The van der Waals surface area contributed by atoms with Gasteiger partial charge in [0.15, 0.2) is 0 Å². The number of fused-ring (bicyclic) bond motifs is 1. The van der Waals surface area contributed by atoms with Gasteiger partial charge >= 0.3 is 5.97 Å². The van der Waals surface area contributed by atoms with Crippen molar-refractivity contribution in [2.75, 3.05) is 33.3 Å². The predicted molar refractivity (Wildman–Crippen MR) is 82.2 cm³/mol. The van der Waals surface area contributed by atoms with Crippen LogP contribution in [0.3, 0.4) is 0 Å². The number of carbonyl (C=O) groups excluding carboxylic acids is 2. The fourth-order valence-corrected chi connectivity index (χ4v) is 3.28. The van der Waals surface area contributed by atoms with E-state index in [-0.39, 0.29) is 11.9 Å². The van der Waals surface area contributed by atoms with E-state index in [1.165, 1.54) is 10.4 Å². The van der Waals surface area contributed by atoms with Crippen molar-refractivity contribution >= 4 is 23.2 Å². The fourth-order valence-electron chi connectivity index (χ4n) is 2.39. The fraction of sp³-hybridized carbons (Fsp3) is 0.600. The molecule has 1 aromatic heterocycles. The molecule has 0 N–H and O–H groups in total. The minimum absolute atomic E-state index is 0.123. The highest BCUT2D eigenvalue weighted by molar-refractivity contribution is 7.10. The van der Waals surface area contributed by atoms with Crippen LogP contribution in [0.4, 0.5) is 0 Å². The van der Waals surface area contributed by atoms with Gasteiger partial charge < -0.3 is 9.64 Å². The van der Waals surface area contributed by atoms with Crippen LogP contribution in [0.2, 0.25) is 0 Å². The third-order valence-corrected chi connectivity index (χ3v) is 4.59. The maximum atomic E-state index is 12.3. The summed E-state index contributed by atoms with van der Waals surface area (Å²) in [6.45, 7) is 4.58. The summed E-state index contributed by atoms with van der Waals surface area (Å²) in [5, 5.41) is 2.09. The van der Waals surface area contributed by atoms with Crippen LogP contribution in [0.1, 0.15) is 23.8 Å². The second-order valence-corrected chi connectivity index (χ2v) is 6.23. The second-order valence-electron chi connectivity index (χ2n) is 5.23. The highest BCUT2D eigenvalue weighted by atomic mass is 32.1. The van der Waals surface area contributed by atoms with Crippen LogP contribution < -0.4 is 0 Å². The molecule has 0 aromatic carbocycles. The van der Waals surface area contributed by atoms with Gasteiger partial charge in [0.1, 0.15) is 0 Å². The van der Waals surface area contributed by atoms with E-state index in [1.54, 1.807) is 18.3 Å². The summed E-state index contributed by atoms with van der Waals surface area (Å²) < 4.78 is 4.88. The maximum absolute atomic E-state index is 12.3. The van der Waals surface area contributed by atoms with Crippen molar-refractivity contribution in [3.63, 3.8) is 0 Å². The topological polar surface area (TPSA) is 49.9 Å². The van der Waals surface area contributed by atoms with Crippen molar-refractivity contribution in [3.05, 3.63) is 21.9 Å². The summed E-state index contributed by atoms with van der Waals surface area (Å²) >= 11 is 1.77. The van der Waals surface area contributed by atoms with Gasteiger partial charge in [-0.3, -0.25) is 14.5 Å². The van der Waals surface area contributed by atoms with Gasteiger partial charge in [0.05, 0.1) is 19.6 Å². The van der Waals surface area contributed by atoms with Crippen LogP contribution in [-0.2, 0) is 27.3 Å². The first kappa shape index (κ1) is 16.0. The normalized spacial score (nSPS) is 14.1. The number of thiophene rings is 1. The Morgan fingerprint density at radius 2 is 2.29 bits per heavy atom. The minimum atomic E-state index is -0.210. The summed E-state index contributed by atoms with van der Waals surface area (Å²) in [6, 6.07) is 2.10. The Labute approximate surface area is 129 Å². The molecule has 0 bridgehead atoms. The van der Waals surface area contributed by atoms with E-state index in [4.69, 9.17) is 4.74 Å². The Balaban J connectivity index is 1.75. The molecule has 0 saturated carbocycles. The molecule has 0 radical (unpaired) electrons. The Bertz CT molecular complexity index is 501. The Kier molecular flexibility index (Phi) is 5.76. The second kappa shape index (κ2) is 7.56. The summed E-state index contributed by atoms with van der Waals surface area (Å²) in [5.74, 6) is -0.0871. The van der Waals surface area contributed by atoms with Crippen LogP contribution in [0.5, 0.6) is 0 Å². The van der Waals surface area contributed by atoms with E-state index in [0.29, 0.717) is 32.7 Å². The predicted octanol–water partition coefficient (Wildman–Crippen LogP) is 1.52. The number of ether oxygens (including phenoxy) is 1. The lowest BCUT2D eigenvalue weighted by Crippen LogP contribution is -2.41. The van der Waals surface area contributed by atoms with E-state index in [0.717, 1.165) is 13.0 Å². The molecule has 0 unspecified atom stereocenters. The van der Waals surface area contributed by atoms with Gasteiger partial charge in [-0.1, -0.05) is 0 Å². The van der Waals surface area contributed by atoms with E-state index in [2.05, 4.69) is 11.4 Å². The van der Waals surface area contributed by atoms with E-state index in [1.807, 2.05) is 16.8 Å². The number of esters is 1. The number of nitrogens with zero attached hydrogens (tertiary/aromatic N) is 2. The standard InChI is InChI=1S/C15H22N2O3S/c1-3-20-15(19)5-7-16(2)11-14(18)17-8-4-13-12(10-17)6-9-21-13/h6,9H,3-5,7-8,10-11H2,1-2H3. The smallest absolute Gasteiger partial charge is 0.307 e. The average Bonchev–Trinajstić information content (AvgIpc) is 2.92. The van der Waals surface area contributed by atoms with Crippen LogP contribution in [0.15, 0.2) is 11.4 Å². The molecule has 2 heterocycles. The van der Waals surface area contributed by atoms with Gasteiger partial charge in [-0.15, -0.1) is 11.3 Å². The van der Waals surface area contributed by atoms with Crippen LogP contribution in [0, 0.1) is 0 Å². The Morgan fingerprint density at radius 1 is 1.48 bits per heavy atom. The third kappa shape index (κ3) is 4.54. The lowest BCUT2D eigenvalue weighted by Gasteiger charge is -2.28. The first-order chi connectivity index (χ1) is 10.1. The lowest BCUT2D eigenvalue weighted by atomic mass is 10.1. The summed E-state index contributed by atoms with van der Waals surface area (Å²) in [6.07, 6.45) is 1.28. The zero-order valence-corrected chi connectivity index (χ0v) is 13.4. The summed E-state index contributed by atoms with van der Waals surface area (Å²) in [7, 11) is 1.86. The van der Waals surface area contributed by atoms with Crippen molar-refractivity contribution < 1.29 is 14.3 Å². The molecule has 0 spiro atoms. The van der Waals surface area contributed by atoms with Gasteiger partial charge in [0.2, 0.25) is 5.91 Å².